The number of alkyl halides is 3. The average Bonchev–Trinajstić information content (AvgIpc) is 3.54. The van der Waals surface area contributed by atoms with Gasteiger partial charge in [0.1, 0.15) is 5.56 Å². The first-order valence-electron chi connectivity index (χ1n) is 12.2. The van der Waals surface area contributed by atoms with Crippen LogP contribution in [0.1, 0.15) is 46.4 Å². The van der Waals surface area contributed by atoms with E-state index >= 15 is 0 Å². The lowest BCUT2D eigenvalue weighted by molar-refractivity contribution is -0.141. The van der Waals surface area contributed by atoms with Crippen molar-refractivity contribution in [3.63, 3.8) is 0 Å². The standard InChI is InChI=1S/C27H26F3N5O5/c1-16-22(24-9-10-32-34(24)3)14-23(26(38)35(16)20-8-4-6-18(12-20)27(28,29)30)25(37)31-15-21-13-19(33-40-21)7-5-11-39-17(2)36/h4,6,8-10,12-14H,5,7,11,15H2,1-3H3,(H,31,37). The van der Waals surface area contributed by atoms with Crippen LogP contribution in [0.25, 0.3) is 16.9 Å². The van der Waals surface area contributed by atoms with Gasteiger partial charge < -0.3 is 14.6 Å². The summed E-state index contributed by atoms with van der Waals surface area (Å²) in [5.41, 5.74) is -0.108. The fraction of sp³-hybridized carbons (Fsp3) is 0.296. The molecule has 0 aliphatic carbocycles. The Labute approximate surface area is 226 Å². The normalized spacial score (nSPS) is 11.4. The van der Waals surface area contributed by atoms with E-state index in [9.17, 15) is 27.6 Å². The van der Waals surface area contributed by atoms with Gasteiger partial charge in [-0.25, -0.2) is 0 Å². The van der Waals surface area contributed by atoms with Gasteiger partial charge in [0.25, 0.3) is 11.5 Å². The number of hydrogen-bond acceptors (Lipinski definition) is 7. The van der Waals surface area contributed by atoms with Gasteiger partial charge in [0.2, 0.25) is 0 Å². The highest BCUT2D eigenvalue weighted by Gasteiger charge is 2.31. The van der Waals surface area contributed by atoms with E-state index in [4.69, 9.17) is 9.26 Å². The zero-order valence-electron chi connectivity index (χ0n) is 21.9. The van der Waals surface area contributed by atoms with Crippen LogP contribution in [0.4, 0.5) is 13.2 Å². The first kappa shape index (κ1) is 28.3. The average molecular weight is 558 g/mol. The predicted octanol–water partition coefficient (Wildman–Crippen LogP) is 3.98. The number of benzene rings is 1. The molecule has 40 heavy (non-hydrogen) atoms. The molecule has 210 valence electrons. The summed E-state index contributed by atoms with van der Waals surface area (Å²) in [5, 5.41) is 10.7. The summed E-state index contributed by atoms with van der Waals surface area (Å²) in [4.78, 5) is 37.6. The molecule has 0 spiro atoms. The zero-order chi connectivity index (χ0) is 29.0. The van der Waals surface area contributed by atoms with Gasteiger partial charge in [0, 0.05) is 43.2 Å². The Hall–Kier alpha value is -4.68. The molecule has 0 radical (unpaired) electrons. The number of esters is 1. The molecule has 0 saturated carbocycles. The minimum atomic E-state index is -4.62. The summed E-state index contributed by atoms with van der Waals surface area (Å²) in [6, 6.07) is 9.04. The van der Waals surface area contributed by atoms with Crippen molar-refractivity contribution in [1.82, 2.24) is 24.8 Å². The molecule has 0 unspecified atom stereocenters. The van der Waals surface area contributed by atoms with E-state index in [0.29, 0.717) is 41.2 Å². The fourth-order valence-corrected chi connectivity index (χ4v) is 4.18. The third-order valence-electron chi connectivity index (χ3n) is 6.13. The molecule has 3 aromatic heterocycles. The van der Waals surface area contributed by atoms with Gasteiger partial charge in [-0.15, -0.1) is 0 Å². The number of aryl methyl sites for hydroxylation is 2. The van der Waals surface area contributed by atoms with E-state index in [1.165, 1.54) is 36.0 Å². The van der Waals surface area contributed by atoms with Gasteiger partial charge in [-0.2, -0.15) is 18.3 Å². The summed E-state index contributed by atoms with van der Waals surface area (Å²) in [6.07, 6.45) is -2.07. The summed E-state index contributed by atoms with van der Waals surface area (Å²) < 4.78 is 53.0. The molecule has 4 aromatic rings. The molecule has 13 heteroatoms. The zero-order valence-corrected chi connectivity index (χ0v) is 21.9. The summed E-state index contributed by atoms with van der Waals surface area (Å²) in [5.74, 6) is -0.798. The Kier molecular flexibility index (Phi) is 8.21. The Bertz CT molecular complexity index is 1600. The van der Waals surface area contributed by atoms with E-state index in [-0.39, 0.29) is 30.4 Å². The number of nitrogens with zero attached hydrogens (tertiary/aromatic N) is 4. The second kappa shape index (κ2) is 11.6. The lowest BCUT2D eigenvalue weighted by Crippen LogP contribution is -2.33. The number of nitrogens with one attached hydrogen (secondary N) is 1. The molecule has 10 nitrogen and oxygen atoms in total. The number of rotatable bonds is 9. The number of carbonyl (C=O) groups excluding carboxylic acids is 2. The van der Waals surface area contributed by atoms with Crippen LogP contribution in [0.5, 0.6) is 0 Å². The largest absolute Gasteiger partial charge is 0.466 e. The first-order chi connectivity index (χ1) is 19.0. The molecule has 0 fully saturated rings. The Morgan fingerprint density at radius 1 is 1.15 bits per heavy atom. The van der Waals surface area contributed by atoms with Crippen LogP contribution in [0.2, 0.25) is 0 Å². The molecular weight excluding hydrogens is 531 g/mol. The third kappa shape index (κ3) is 6.30. The van der Waals surface area contributed by atoms with E-state index in [2.05, 4.69) is 15.6 Å². The topological polar surface area (TPSA) is 121 Å². The molecule has 4 rings (SSSR count). The van der Waals surface area contributed by atoms with Crippen LogP contribution >= 0.6 is 0 Å². The molecule has 1 aromatic carbocycles. The molecule has 0 bridgehead atoms. The van der Waals surface area contributed by atoms with Gasteiger partial charge in [0.05, 0.1) is 30.1 Å². The number of pyridine rings is 1. The van der Waals surface area contributed by atoms with Gasteiger partial charge >= 0.3 is 12.1 Å². The van der Waals surface area contributed by atoms with Crippen LogP contribution in [0, 0.1) is 6.92 Å². The van der Waals surface area contributed by atoms with Crippen LogP contribution in [0.3, 0.4) is 0 Å². The van der Waals surface area contributed by atoms with Crippen molar-refractivity contribution in [2.75, 3.05) is 6.61 Å². The predicted molar refractivity (Wildman–Crippen MR) is 137 cm³/mol. The SMILES string of the molecule is CC(=O)OCCCc1cc(CNC(=O)c2cc(-c3ccnn3C)c(C)n(-c3cccc(C(F)(F)F)c3)c2=O)on1. The maximum Gasteiger partial charge on any atom is 0.416 e. The number of halogens is 3. The van der Waals surface area contributed by atoms with Crippen LogP contribution in [0.15, 0.2) is 58.0 Å². The van der Waals surface area contributed by atoms with Crippen LogP contribution in [-0.2, 0) is 35.7 Å². The Morgan fingerprint density at radius 3 is 2.60 bits per heavy atom. The van der Waals surface area contributed by atoms with E-state index < -0.39 is 23.2 Å². The van der Waals surface area contributed by atoms with Crippen molar-refractivity contribution in [3.8, 4) is 16.9 Å². The molecule has 0 aliphatic rings. The van der Waals surface area contributed by atoms with E-state index in [1.807, 2.05) is 0 Å². The molecule has 1 N–H and O–H groups in total. The van der Waals surface area contributed by atoms with Crippen molar-refractivity contribution >= 4 is 11.9 Å². The fourth-order valence-electron chi connectivity index (χ4n) is 4.18. The Balaban J connectivity index is 1.65. The first-order valence-corrected chi connectivity index (χ1v) is 12.2. The second-order valence-electron chi connectivity index (χ2n) is 9.00. The van der Waals surface area contributed by atoms with Gasteiger partial charge in [-0.3, -0.25) is 23.6 Å². The molecule has 3 heterocycles. The number of aromatic nitrogens is 4. The maximum absolute atomic E-state index is 13.5. The monoisotopic (exact) mass is 557 g/mol. The molecule has 0 saturated heterocycles. The molecular formula is C27H26F3N5O5. The maximum atomic E-state index is 13.5. The number of carbonyl (C=O) groups is 2. The van der Waals surface area contributed by atoms with E-state index in [1.54, 1.807) is 26.1 Å². The van der Waals surface area contributed by atoms with Gasteiger partial charge in [-0.05, 0) is 50.1 Å². The number of hydrogen-bond donors (Lipinski definition) is 1. The minimum Gasteiger partial charge on any atom is -0.466 e. The highest BCUT2D eigenvalue weighted by Crippen LogP contribution is 2.31. The van der Waals surface area contributed by atoms with Crippen molar-refractivity contribution < 1.29 is 32.0 Å². The molecule has 0 aliphatic heterocycles. The van der Waals surface area contributed by atoms with Gasteiger partial charge in [-0.1, -0.05) is 11.2 Å². The summed E-state index contributed by atoms with van der Waals surface area (Å²) in [7, 11) is 1.67. The lowest BCUT2D eigenvalue weighted by atomic mass is 10.1. The summed E-state index contributed by atoms with van der Waals surface area (Å²) in [6.45, 7) is 3.05. The van der Waals surface area contributed by atoms with Crippen molar-refractivity contribution in [1.29, 1.82) is 0 Å². The van der Waals surface area contributed by atoms with Crippen molar-refractivity contribution in [2.45, 2.75) is 39.4 Å². The van der Waals surface area contributed by atoms with Crippen LogP contribution in [-0.4, -0.2) is 38.0 Å². The second-order valence-corrected chi connectivity index (χ2v) is 9.00. The van der Waals surface area contributed by atoms with Crippen molar-refractivity contribution in [3.05, 3.63) is 87.3 Å². The molecule has 0 atom stereocenters. The van der Waals surface area contributed by atoms with Crippen LogP contribution < -0.4 is 10.9 Å². The number of ether oxygens (including phenoxy) is 1. The third-order valence-corrected chi connectivity index (χ3v) is 6.13. The van der Waals surface area contributed by atoms with Crippen molar-refractivity contribution in [2.24, 2.45) is 7.05 Å². The lowest BCUT2D eigenvalue weighted by Gasteiger charge is -2.18. The minimum absolute atomic E-state index is 0.0379. The number of amides is 1. The highest BCUT2D eigenvalue weighted by atomic mass is 19.4. The quantitative estimate of drug-likeness (QED) is 0.244. The van der Waals surface area contributed by atoms with Gasteiger partial charge in [0.15, 0.2) is 5.76 Å². The van der Waals surface area contributed by atoms with E-state index in [0.717, 1.165) is 16.7 Å². The smallest absolute Gasteiger partial charge is 0.416 e. The highest BCUT2D eigenvalue weighted by molar-refractivity contribution is 5.95. The molecule has 1 amide bonds. The Morgan fingerprint density at radius 2 is 1.93 bits per heavy atom. The summed E-state index contributed by atoms with van der Waals surface area (Å²) >= 11 is 0.